The Balaban J connectivity index is 1.60. The lowest BCUT2D eigenvalue weighted by Gasteiger charge is -2.20. The molecule has 3 aromatic carbocycles. The van der Waals surface area contributed by atoms with Crippen LogP contribution in [0.4, 0.5) is 0 Å². The largest absolute Gasteiger partial charge is 0.297 e. The summed E-state index contributed by atoms with van der Waals surface area (Å²) in [6.07, 6.45) is 5.31. The highest BCUT2D eigenvalue weighted by atomic mass is 16.2. The fourth-order valence-electron chi connectivity index (χ4n) is 4.90. The van der Waals surface area contributed by atoms with Crippen LogP contribution in [0.1, 0.15) is 65.1 Å². The van der Waals surface area contributed by atoms with Crippen molar-refractivity contribution in [1.82, 2.24) is 0 Å². The topological polar surface area (TPSA) is 58.9 Å². The predicted molar refractivity (Wildman–Crippen MR) is 131 cm³/mol. The van der Waals surface area contributed by atoms with Crippen LogP contribution >= 0.6 is 0 Å². The molecular formula is C29H26N2O2. The third-order valence-corrected chi connectivity index (χ3v) is 6.57. The molecule has 2 aliphatic carbocycles. The van der Waals surface area contributed by atoms with E-state index in [1.807, 2.05) is 78.9 Å². The highest BCUT2D eigenvalue weighted by Crippen LogP contribution is 2.35. The summed E-state index contributed by atoms with van der Waals surface area (Å²) in [6, 6.07) is 26.7. The Morgan fingerprint density at radius 3 is 1.85 bits per heavy atom. The third-order valence-electron chi connectivity index (χ3n) is 6.57. The van der Waals surface area contributed by atoms with E-state index in [9.17, 15) is 9.59 Å². The molecular weight excluding hydrogens is 408 g/mol. The van der Waals surface area contributed by atoms with E-state index in [0.29, 0.717) is 11.3 Å². The van der Waals surface area contributed by atoms with Crippen molar-refractivity contribution in [2.24, 2.45) is 16.1 Å². The number of benzene rings is 3. The van der Waals surface area contributed by atoms with E-state index in [1.165, 1.54) is 6.42 Å². The summed E-state index contributed by atoms with van der Waals surface area (Å²) >= 11 is 0. The molecule has 0 heterocycles. The van der Waals surface area contributed by atoms with Crippen LogP contribution in [0, 0.1) is 5.92 Å². The Morgan fingerprint density at radius 1 is 0.697 bits per heavy atom. The van der Waals surface area contributed by atoms with E-state index >= 15 is 0 Å². The second-order valence-corrected chi connectivity index (χ2v) is 8.71. The quantitative estimate of drug-likeness (QED) is 0.365. The molecule has 2 aliphatic rings. The van der Waals surface area contributed by atoms with Crippen molar-refractivity contribution in [2.75, 3.05) is 0 Å². The van der Waals surface area contributed by atoms with E-state index in [4.69, 9.17) is 0 Å². The van der Waals surface area contributed by atoms with E-state index < -0.39 is 11.8 Å². The molecule has 33 heavy (non-hydrogen) atoms. The van der Waals surface area contributed by atoms with Gasteiger partial charge in [0, 0.05) is 16.8 Å². The van der Waals surface area contributed by atoms with Crippen molar-refractivity contribution in [3.63, 3.8) is 0 Å². The number of nitrogens with zero attached hydrogens (tertiary/aromatic N) is 2. The molecule has 4 nitrogen and oxygen atoms in total. The molecule has 0 amide bonds. The minimum atomic E-state index is -0.958. The van der Waals surface area contributed by atoms with Crippen LogP contribution in [-0.4, -0.2) is 23.0 Å². The summed E-state index contributed by atoms with van der Waals surface area (Å²) in [6.45, 7) is 0. The van der Waals surface area contributed by atoms with Crippen molar-refractivity contribution in [2.45, 2.75) is 38.0 Å². The molecule has 0 N–H and O–H groups in total. The van der Waals surface area contributed by atoms with Gasteiger partial charge in [0.25, 0.3) is 0 Å². The predicted octanol–water partition coefficient (Wildman–Crippen LogP) is 6.01. The molecule has 3 aromatic rings. The van der Waals surface area contributed by atoms with Crippen LogP contribution in [0.3, 0.4) is 0 Å². The van der Waals surface area contributed by atoms with E-state index in [2.05, 4.69) is 10.2 Å². The molecule has 1 atom stereocenters. The van der Waals surface area contributed by atoms with Crippen LogP contribution < -0.4 is 0 Å². The Labute approximate surface area is 194 Å². The number of carbonyl (C=O) groups excluding carboxylic acids is 2. The zero-order chi connectivity index (χ0) is 22.6. The van der Waals surface area contributed by atoms with Gasteiger partial charge >= 0.3 is 0 Å². The number of Topliss-reactive ketones (excluding diaryl/α,β-unsaturated/α-hetero) is 2. The zero-order valence-electron chi connectivity index (χ0n) is 18.5. The summed E-state index contributed by atoms with van der Waals surface area (Å²) in [5, 5.41) is 9.11. The molecule has 0 aliphatic heterocycles. The van der Waals surface area contributed by atoms with Crippen LogP contribution in [-0.2, 0) is 4.79 Å². The van der Waals surface area contributed by atoms with Crippen molar-refractivity contribution in [3.8, 4) is 0 Å². The molecule has 1 fully saturated rings. The lowest BCUT2D eigenvalue weighted by molar-refractivity contribution is -0.120. The van der Waals surface area contributed by atoms with Crippen LogP contribution in [0.15, 0.2) is 95.1 Å². The smallest absolute Gasteiger partial charge is 0.180 e. The SMILES string of the molecule is O=C1c2ccccc2/C(=N\N=C2CCCCC2)[C@H]1C(=O)C(c1ccccc1)c1ccccc1. The number of ketones is 2. The van der Waals surface area contributed by atoms with Crippen molar-refractivity contribution >= 4 is 23.0 Å². The number of hydrogen-bond acceptors (Lipinski definition) is 4. The first-order valence-corrected chi connectivity index (χ1v) is 11.6. The minimum absolute atomic E-state index is 0.156. The van der Waals surface area contributed by atoms with Gasteiger partial charge in [0.15, 0.2) is 11.6 Å². The summed E-state index contributed by atoms with van der Waals surface area (Å²) in [5.41, 5.74) is 4.56. The summed E-state index contributed by atoms with van der Waals surface area (Å²) in [5.74, 6) is -1.85. The lowest BCUT2D eigenvalue weighted by Crippen LogP contribution is -2.31. The van der Waals surface area contributed by atoms with E-state index in [0.717, 1.165) is 48.1 Å². The van der Waals surface area contributed by atoms with Crippen molar-refractivity contribution < 1.29 is 9.59 Å². The van der Waals surface area contributed by atoms with E-state index in [1.54, 1.807) is 6.07 Å². The molecule has 4 heteroatoms. The number of rotatable bonds is 5. The molecule has 0 saturated heterocycles. The summed E-state index contributed by atoms with van der Waals surface area (Å²) in [7, 11) is 0. The van der Waals surface area contributed by atoms with Crippen molar-refractivity contribution in [3.05, 3.63) is 107 Å². The Morgan fingerprint density at radius 2 is 1.24 bits per heavy atom. The first-order valence-electron chi connectivity index (χ1n) is 11.6. The third kappa shape index (κ3) is 4.21. The average Bonchev–Trinajstić information content (AvgIpc) is 3.16. The molecule has 0 radical (unpaired) electrons. The van der Waals surface area contributed by atoms with E-state index in [-0.39, 0.29) is 11.6 Å². The van der Waals surface area contributed by atoms with Gasteiger partial charge in [0.2, 0.25) is 0 Å². The summed E-state index contributed by atoms with van der Waals surface area (Å²) < 4.78 is 0. The summed E-state index contributed by atoms with van der Waals surface area (Å²) in [4.78, 5) is 27.7. The lowest BCUT2D eigenvalue weighted by atomic mass is 9.80. The first-order chi connectivity index (χ1) is 16.2. The van der Waals surface area contributed by atoms with Gasteiger partial charge in [0.05, 0.1) is 11.6 Å². The minimum Gasteiger partial charge on any atom is -0.297 e. The van der Waals surface area contributed by atoms with Crippen LogP contribution in [0.5, 0.6) is 0 Å². The van der Waals surface area contributed by atoms with Gasteiger partial charge in [-0.05, 0) is 36.8 Å². The standard InChI is InChI=1S/C29H26N2O2/c32-28-24-19-11-10-18-23(24)27(31-30-22-16-8-3-9-17-22)26(28)29(33)25(20-12-4-1-5-13-20)21-14-6-2-7-15-21/h1-2,4-7,10-15,18-19,25-26H,3,8-9,16-17H2/b31-27+/t26-/m1/s1. The number of carbonyl (C=O) groups is 2. The molecule has 1 saturated carbocycles. The second kappa shape index (κ2) is 9.45. The maximum absolute atomic E-state index is 14.1. The molecule has 0 unspecified atom stereocenters. The van der Waals surface area contributed by atoms with Gasteiger partial charge in [-0.25, -0.2) is 0 Å². The molecule has 0 aromatic heterocycles. The van der Waals surface area contributed by atoms with Crippen molar-refractivity contribution in [1.29, 1.82) is 0 Å². The fourth-order valence-corrected chi connectivity index (χ4v) is 4.90. The highest BCUT2D eigenvalue weighted by molar-refractivity contribution is 6.38. The van der Waals surface area contributed by atoms with Crippen LogP contribution in [0.25, 0.3) is 0 Å². The van der Waals surface area contributed by atoms with Crippen LogP contribution in [0.2, 0.25) is 0 Å². The maximum Gasteiger partial charge on any atom is 0.180 e. The highest BCUT2D eigenvalue weighted by Gasteiger charge is 2.44. The second-order valence-electron chi connectivity index (χ2n) is 8.71. The normalized spacial score (nSPS) is 19.1. The molecule has 5 rings (SSSR count). The van der Waals surface area contributed by atoms with Gasteiger partial charge in [-0.3, -0.25) is 9.59 Å². The Bertz CT molecular complexity index is 1180. The average molecular weight is 435 g/mol. The van der Waals surface area contributed by atoms with Gasteiger partial charge in [0.1, 0.15) is 5.92 Å². The number of hydrogen-bond donors (Lipinski definition) is 0. The Hall–Kier alpha value is -3.66. The fraction of sp³-hybridized carbons (Fsp3) is 0.241. The zero-order valence-corrected chi connectivity index (χ0v) is 18.5. The van der Waals surface area contributed by atoms with Gasteiger partial charge in [-0.15, -0.1) is 0 Å². The van der Waals surface area contributed by atoms with Gasteiger partial charge in [-0.2, -0.15) is 10.2 Å². The maximum atomic E-state index is 14.1. The first kappa shape index (κ1) is 21.2. The molecule has 0 spiro atoms. The number of fused-ring (bicyclic) bond motifs is 1. The monoisotopic (exact) mass is 434 g/mol. The molecule has 0 bridgehead atoms. The van der Waals surface area contributed by atoms with Gasteiger partial charge < -0.3 is 0 Å². The molecule has 164 valence electrons. The van der Waals surface area contributed by atoms with Gasteiger partial charge in [-0.1, -0.05) is 91.3 Å². The Kier molecular flexibility index (Phi) is 6.07.